The molecule has 3 aromatic rings. The van der Waals surface area contributed by atoms with Crippen LogP contribution in [0.4, 0.5) is 0 Å². The summed E-state index contributed by atoms with van der Waals surface area (Å²) in [6, 6.07) is 0. The lowest BCUT2D eigenvalue weighted by Crippen LogP contribution is -2.36. The van der Waals surface area contributed by atoms with Gasteiger partial charge in [0.15, 0.2) is 10.8 Å². The Bertz CT molecular complexity index is 1070. The number of fused-ring (bicyclic) bond motifs is 5. The molecule has 6 nitrogen and oxygen atoms in total. The third-order valence-corrected chi connectivity index (χ3v) is 8.25. The lowest BCUT2D eigenvalue weighted by molar-refractivity contribution is -0.129. The minimum atomic E-state index is 0.209. The first-order valence-electron chi connectivity index (χ1n) is 10.7. The molecule has 0 spiro atoms. The van der Waals surface area contributed by atoms with Gasteiger partial charge in [-0.1, -0.05) is 25.6 Å². The summed E-state index contributed by atoms with van der Waals surface area (Å²) in [5.74, 6) is 2.35. The molecule has 1 saturated heterocycles. The van der Waals surface area contributed by atoms with Crippen molar-refractivity contribution >= 4 is 44.9 Å². The van der Waals surface area contributed by atoms with Crippen molar-refractivity contribution in [2.45, 2.75) is 63.9 Å². The normalized spacial score (nSPS) is 19.8. The summed E-state index contributed by atoms with van der Waals surface area (Å²) < 4.78 is 2.10. The van der Waals surface area contributed by atoms with Crippen LogP contribution in [0.15, 0.2) is 5.16 Å². The molecule has 154 valence electrons. The third-order valence-electron chi connectivity index (χ3n) is 6.19. The quantitative estimate of drug-likeness (QED) is 0.584. The number of thioether (sulfide) groups is 1. The standard InChI is InChI=1S/C21H27N5OS2/c1-3-16-22-20-18(14-8-7-13(2)11-15(14)29-20)19-23-24-21(26(16)19)28-12-17(27)25-9-5-4-6-10-25/h13H,3-12H2,1-2H3/t13-/m0/s1. The van der Waals surface area contributed by atoms with Gasteiger partial charge in [-0.05, 0) is 50.0 Å². The molecule has 0 bridgehead atoms. The number of rotatable bonds is 4. The molecule has 3 aromatic heterocycles. The lowest BCUT2D eigenvalue weighted by atomic mass is 9.89. The zero-order valence-corrected chi connectivity index (χ0v) is 18.7. The number of piperidine rings is 1. The fraction of sp³-hybridized carbons (Fsp3) is 0.619. The van der Waals surface area contributed by atoms with Gasteiger partial charge >= 0.3 is 0 Å². The van der Waals surface area contributed by atoms with E-state index in [1.807, 2.05) is 16.2 Å². The SMILES string of the molecule is CCc1nc2sc3c(c2c2nnc(SCC(=O)N4CCCCC4)n12)CC[C@H](C)C3. The average molecular weight is 430 g/mol. The molecular weight excluding hydrogens is 402 g/mol. The molecule has 1 atom stereocenters. The predicted octanol–water partition coefficient (Wildman–Crippen LogP) is 4.13. The minimum absolute atomic E-state index is 0.209. The molecule has 1 amide bonds. The largest absolute Gasteiger partial charge is 0.342 e. The number of aromatic nitrogens is 4. The summed E-state index contributed by atoms with van der Waals surface area (Å²) >= 11 is 3.33. The monoisotopic (exact) mass is 429 g/mol. The smallest absolute Gasteiger partial charge is 0.233 e. The second-order valence-corrected chi connectivity index (χ2v) is 10.3. The lowest BCUT2D eigenvalue weighted by Gasteiger charge is -2.26. The van der Waals surface area contributed by atoms with Crippen LogP contribution in [0.3, 0.4) is 0 Å². The van der Waals surface area contributed by atoms with Crippen molar-refractivity contribution in [3.05, 3.63) is 16.3 Å². The van der Waals surface area contributed by atoms with Gasteiger partial charge in [0.25, 0.3) is 0 Å². The number of hydrogen-bond acceptors (Lipinski definition) is 6. The zero-order valence-electron chi connectivity index (χ0n) is 17.1. The molecule has 1 aliphatic carbocycles. The Morgan fingerprint density at radius 1 is 1.24 bits per heavy atom. The molecule has 8 heteroatoms. The molecule has 0 saturated carbocycles. The summed E-state index contributed by atoms with van der Waals surface area (Å²) in [7, 11) is 0. The van der Waals surface area contributed by atoms with Gasteiger partial charge in [0.05, 0.1) is 11.1 Å². The second kappa shape index (κ2) is 7.87. The highest BCUT2D eigenvalue weighted by atomic mass is 32.2. The second-order valence-electron chi connectivity index (χ2n) is 8.29. The Balaban J connectivity index is 1.50. The van der Waals surface area contributed by atoms with Gasteiger partial charge in [0, 0.05) is 24.4 Å². The van der Waals surface area contributed by atoms with E-state index in [4.69, 9.17) is 4.98 Å². The predicted molar refractivity (Wildman–Crippen MR) is 118 cm³/mol. The van der Waals surface area contributed by atoms with Gasteiger partial charge < -0.3 is 4.90 Å². The first kappa shape index (κ1) is 19.3. The van der Waals surface area contributed by atoms with E-state index in [-0.39, 0.29) is 5.91 Å². The summed E-state index contributed by atoms with van der Waals surface area (Å²) in [4.78, 5) is 22.2. The molecule has 5 rings (SSSR count). The van der Waals surface area contributed by atoms with Gasteiger partial charge in [0.2, 0.25) is 5.91 Å². The van der Waals surface area contributed by atoms with Crippen LogP contribution in [-0.2, 0) is 24.1 Å². The highest BCUT2D eigenvalue weighted by Gasteiger charge is 2.26. The van der Waals surface area contributed by atoms with Gasteiger partial charge in [0.1, 0.15) is 10.7 Å². The highest BCUT2D eigenvalue weighted by molar-refractivity contribution is 7.99. The maximum atomic E-state index is 12.6. The van der Waals surface area contributed by atoms with E-state index >= 15 is 0 Å². The van der Waals surface area contributed by atoms with Crippen molar-refractivity contribution in [2.75, 3.05) is 18.8 Å². The van der Waals surface area contributed by atoms with E-state index in [0.29, 0.717) is 5.75 Å². The number of hydrogen-bond donors (Lipinski definition) is 0. The van der Waals surface area contributed by atoms with Crippen LogP contribution < -0.4 is 0 Å². The molecule has 0 aromatic carbocycles. The zero-order chi connectivity index (χ0) is 20.0. The van der Waals surface area contributed by atoms with Gasteiger partial charge in [-0.15, -0.1) is 21.5 Å². The Labute approximate surface area is 179 Å². The fourth-order valence-corrected chi connectivity index (χ4v) is 6.82. The van der Waals surface area contributed by atoms with Gasteiger partial charge in [-0.2, -0.15) is 0 Å². The summed E-state index contributed by atoms with van der Waals surface area (Å²) in [5.41, 5.74) is 2.35. The van der Waals surface area contributed by atoms with Crippen LogP contribution >= 0.6 is 23.1 Å². The topological polar surface area (TPSA) is 63.4 Å². The van der Waals surface area contributed by atoms with E-state index in [0.717, 1.165) is 72.6 Å². The van der Waals surface area contributed by atoms with Crippen molar-refractivity contribution in [3.63, 3.8) is 0 Å². The van der Waals surface area contributed by atoms with Crippen LogP contribution in [0.25, 0.3) is 15.9 Å². The Morgan fingerprint density at radius 3 is 2.86 bits per heavy atom. The van der Waals surface area contributed by atoms with Crippen LogP contribution in [0.2, 0.25) is 0 Å². The number of aryl methyl sites for hydroxylation is 2. The number of carbonyl (C=O) groups is 1. The summed E-state index contributed by atoms with van der Waals surface area (Å²) in [6.45, 7) is 6.24. The fourth-order valence-electron chi connectivity index (χ4n) is 4.57. The molecule has 29 heavy (non-hydrogen) atoms. The third kappa shape index (κ3) is 3.44. The highest BCUT2D eigenvalue weighted by Crippen LogP contribution is 2.39. The van der Waals surface area contributed by atoms with Crippen LogP contribution in [-0.4, -0.2) is 49.2 Å². The molecule has 4 heterocycles. The number of amides is 1. The van der Waals surface area contributed by atoms with Crippen LogP contribution in [0.5, 0.6) is 0 Å². The maximum Gasteiger partial charge on any atom is 0.233 e. The van der Waals surface area contributed by atoms with Crippen molar-refractivity contribution < 1.29 is 4.79 Å². The first-order valence-corrected chi connectivity index (χ1v) is 12.5. The Kier molecular flexibility index (Phi) is 5.24. The molecule has 0 unspecified atom stereocenters. The summed E-state index contributed by atoms with van der Waals surface area (Å²) in [6.07, 6.45) is 7.75. The maximum absolute atomic E-state index is 12.6. The molecular formula is C21H27N5OS2. The molecule has 2 aliphatic rings. The van der Waals surface area contributed by atoms with Gasteiger partial charge in [-0.25, -0.2) is 4.98 Å². The average Bonchev–Trinajstić information content (AvgIpc) is 3.32. The van der Waals surface area contributed by atoms with Gasteiger partial charge in [-0.3, -0.25) is 9.20 Å². The van der Waals surface area contributed by atoms with E-state index in [1.54, 1.807) is 0 Å². The van der Waals surface area contributed by atoms with E-state index in [9.17, 15) is 4.79 Å². The Morgan fingerprint density at radius 2 is 2.07 bits per heavy atom. The minimum Gasteiger partial charge on any atom is -0.342 e. The van der Waals surface area contributed by atoms with Crippen molar-refractivity contribution in [2.24, 2.45) is 5.92 Å². The van der Waals surface area contributed by atoms with Crippen LogP contribution in [0, 0.1) is 5.92 Å². The molecule has 1 aliphatic heterocycles. The van der Waals surface area contributed by atoms with E-state index < -0.39 is 0 Å². The van der Waals surface area contributed by atoms with E-state index in [1.165, 1.54) is 40.4 Å². The number of nitrogens with zero attached hydrogens (tertiary/aromatic N) is 5. The van der Waals surface area contributed by atoms with Crippen molar-refractivity contribution in [1.29, 1.82) is 0 Å². The summed E-state index contributed by atoms with van der Waals surface area (Å²) in [5, 5.41) is 11.0. The van der Waals surface area contributed by atoms with Crippen molar-refractivity contribution in [3.8, 4) is 0 Å². The molecule has 0 radical (unpaired) electrons. The number of likely N-dealkylation sites (tertiary alicyclic amines) is 1. The number of carbonyl (C=O) groups excluding carboxylic acids is 1. The van der Waals surface area contributed by atoms with Crippen molar-refractivity contribution in [1.82, 2.24) is 24.5 Å². The molecule has 1 fully saturated rings. The molecule has 0 N–H and O–H groups in total. The first-order chi connectivity index (χ1) is 14.2. The Hall–Kier alpha value is -1.67. The van der Waals surface area contributed by atoms with E-state index in [2.05, 4.69) is 28.4 Å². The van der Waals surface area contributed by atoms with Crippen LogP contribution in [0.1, 0.15) is 55.8 Å². The number of thiophene rings is 1.